The van der Waals surface area contributed by atoms with Crippen molar-refractivity contribution in [3.8, 4) is 0 Å². The van der Waals surface area contributed by atoms with Crippen LogP contribution in [-0.2, 0) is 4.79 Å². The average Bonchev–Trinajstić information content (AvgIpc) is 2.97. The fourth-order valence-electron chi connectivity index (χ4n) is 4.37. The highest BCUT2D eigenvalue weighted by Gasteiger charge is 2.37. The topological polar surface area (TPSA) is 32.3 Å². The highest BCUT2D eigenvalue weighted by molar-refractivity contribution is 6.32. The van der Waals surface area contributed by atoms with Crippen molar-refractivity contribution in [3.05, 3.63) is 59.7 Å². The van der Waals surface area contributed by atoms with Crippen LogP contribution in [0.25, 0.3) is 0 Å². The molecule has 2 radical (unpaired) electrons. The minimum Gasteiger partial charge on any atom is -0.325 e. The summed E-state index contributed by atoms with van der Waals surface area (Å²) < 4.78 is 0. The zero-order valence-electron chi connectivity index (χ0n) is 14.6. The maximum absolute atomic E-state index is 12.6. The molecule has 2 aliphatic rings. The molecule has 0 saturated heterocycles. The molecule has 0 spiro atoms. The minimum atomic E-state index is 0.0500. The van der Waals surface area contributed by atoms with E-state index >= 15 is 0 Å². The van der Waals surface area contributed by atoms with Crippen molar-refractivity contribution in [2.24, 2.45) is 5.92 Å². The summed E-state index contributed by atoms with van der Waals surface area (Å²) >= 11 is 0. The van der Waals surface area contributed by atoms with E-state index in [-0.39, 0.29) is 11.9 Å². The quantitative estimate of drug-likeness (QED) is 0.859. The third-order valence-electron chi connectivity index (χ3n) is 5.55. The van der Waals surface area contributed by atoms with Crippen LogP contribution in [0.2, 0.25) is 0 Å². The molecule has 0 bridgehead atoms. The smallest absolute Gasteiger partial charge is 0.238 e. The number of carbonyl (C=O) groups is 1. The van der Waals surface area contributed by atoms with Crippen LogP contribution in [0.5, 0.6) is 0 Å². The Morgan fingerprint density at radius 2 is 1.92 bits per heavy atom. The molecule has 1 aliphatic heterocycles. The second-order valence-electron chi connectivity index (χ2n) is 7.45. The first-order valence-electron chi connectivity index (χ1n) is 9.12. The Kier molecular flexibility index (Phi) is 4.38. The first-order chi connectivity index (χ1) is 12.1. The molecule has 2 aromatic carbocycles. The summed E-state index contributed by atoms with van der Waals surface area (Å²) in [5.41, 5.74) is 3.92. The molecule has 126 valence electrons. The molecule has 1 amide bonds. The largest absolute Gasteiger partial charge is 0.325 e. The van der Waals surface area contributed by atoms with Crippen LogP contribution in [-0.4, -0.2) is 31.2 Å². The van der Waals surface area contributed by atoms with E-state index < -0.39 is 0 Å². The van der Waals surface area contributed by atoms with Gasteiger partial charge in [-0.15, -0.1) is 0 Å². The van der Waals surface area contributed by atoms with Crippen LogP contribution in [0.3, 0.4) is 0 Å². The summed E-state index contributed by atoms with van der Waals surface area (Å²) in [6.07, 6.45) is 3.53. The van der Waals surface area contributed by atoms with E-state index in [4.69, 9.17) is 7.85 Å². The Labute approximate surface area is 150 Å². The molecule has 3 nitrogen and oxygen atoms in total. The summed E-state index contributed by atoms with van der Waals surface area (Å²) in [7, 11) is 6.10. The summed E-state index contributed by atoms with van der Waals surface area (Å²) in [4.78, 5) is 15.0. The van der Waals surface area contributed by atoms with Crippen molar-refractivity contribution in [3.63, 3.8) is 0 Å². The monoisotopic (exact) mass is 330 g/mol. The average molecular weight is 330 g/mol. The predicted molar refractivity (Wildman–Crippen MR) is 102 cm³/mol. The lowest BCUT2D eigenvalue weighted by Crippen LogP contribution is -2.40. The van der Waals surface area contributed by atoms with Crippen molar-refractivity contribution in [1.82, 2.24) is 4.90 Å². The molecule has 0 aromatic heterocycles. The van der Waals surface area contributed by atoms with Gasteiger partial charge in [0.25, 0.3) is 0 Å². The van der Waals surface area contributed by atoms with E-state index in [9.17, 15) is 4.79 Å². The summed E-state index contributed by atoms with van der Waals surface area (Å²) in [5.74, 6) is 0.775. The Morgan fingerprint density at radius 3 is 2.64 bits per heavy atom. The van der Waals surface area contributed by atoms with Crippen LogP contribution in [0, 0.1) is 5.92 Å². The fourth-order valence-corrected chi connectivity index (χ4v) is 4.37. The highest BCUT2D eigenvalue weighted by Crippen LogP contribution is 2.40. The number of hydrogen-bond donors (Lipinski definition) is 1. The predicted octanol–water partition coefficient (Wildman–Crippen LogP) is 3.01. The van der Waals surface area contributed by atoms with Gasteiger partial charge in [-0.1, -0.05) is 54.9 Å². The third kappa shape index (κ3) is 3.23. The lowest BCUT2D eigenvalue weighted by atomic mass is 9.88. The van der Waals surface area contributed by atoms with Gasteiger partial charge in [-0.3, -0.25) is 9.69 Å². The van der Waals surface area contributed by atoms with Gasteiger partial charge in [0, 0.05) is 11.7 Å². The molecule has 25 heavy (non-hydrogen) atoms. The Bertz CT molecular complexity index is 777. The summed E-state index contributed by atoms with van der Waals surface area (Å²) in [5, 5.41) is 3.08. The molecular formula is C21H23BN2O. The van der Waals surface area contributed by atoms with Gasteiger partial charge in [0.1, 0.15) is 7.85 Å². The number of amides is 1. The van der Waals surface area contributed by atoms with Gasteiger partial charge in [-0.25, -0.2) is 0 Å². The van der Waals surface area contributed by atoms with Crippen molar-refractivity contribution < 1.29 is 4.79 Å². The Balaban J connectivity index is 1.85. The van der Waals surface area contributed by atoms with E-state index in [2.05, 4.69) is 41.4 Å². The van der Waals surface area contributed by atoms with Crippen LogP contribution >= 0.6 is 0 Å². The van der Waals surface area contributed by atoms with Crippen LogP contribution < -0.4 is 10.8 Å². The summed E-state index contributed by atoms with van der Waals surface area (Å²) in [6, 6.07) is 16.8. The van der Waals surface area contributed by atoms with E-state index in [1.54, 1.807) is 0 Å². The van der Waals surface area contributed by atoms with Crippen molar-refractivity contribution in [2.75, 3.05) is 11.9 Å². The van der Waals surface area contributed by atoms with E-state index in [1.807, 2.05) is 24.3 Å². The number of nitrogens with one attached hydrogen (secondary N) is 1. The van der Waals surface area contributed by atoms with Crippen molar-refractivity contribution >= 4 is 24.9 Å². The van der Waals surface area contributed by atoms with Gasteiger partial charge in [0.2, 0.25) is 5.91 Å². The lowest BCUT2D eigenvalue weighted by Gasteiger charge is -2.35. The first kappa shape index (κ1) is 16.4. The SMILES string of the molecule is [B]c1ccc2c(c1)C(c1ccccc1)N(C1CCC(C)C1)CC(=O)N2. The van der Waals surface area contributed by atoms with Crippen molar-refractivity contribution in [1.29, 1.82) is 0 Å². The molecule has 2 aromatic rings. The number of hydrogen-bond acceptors (Lipinski definition) is 2. The molecule has 3 unspecified atom stereocenters. The molecule has 1 fully saturated rings. The van der Waals surface area contributed by atoms with Crippen LogP contribution in [0.1, 0.15) is 43.4 Å². The minimum absolute atomic E-state index is 0.0500. The number of rotatable bonds is 2. The third-order valence-corrected chi connectivity index (χ3v) is 5.55. The van der Waals surface area contributed by atoms with Crippen LogP contribution in [0.15, 0.2) is 48.5 Å². The number of benzene rings is 2. The van der Waals surface area contributed by atoms with Gasteiger partial charge in [0.05, 0.1) is 12.6 Å². The molecule has 1 heterocycles. The van der Waals surface area contributed by atoms with Gasteiger partial charge < -0.3 is 5.32 Å². The number of fused-ring (bicyclic) bond motifs is 1. The van der Waals surface area contributed by atoms with E-state index in [1.165, 1.54) is 12.0 Å². The number of anilines is 1. The zero-order valence-corrected chi connectivity index (χ0v) is 14.6. The molecule has 1 N–H and O–H groups in total. The maximum Gasteiger partial charge on any atom is 0.238 e. The normalized spacial score (nSPS) is 26.8. The zero-order chi connectivity index (χ0) is 17.4. The Hall–Kier alpha value is -2.07. The Morgan fingerprint density at radius 1 is 1.12 bits per heavy atom. The molecule has 1 aliphatic carbocycles. The van der Waals surface area contributed by atoms with Crippen molar-refractivity contribution in [2.45, 2.75) is 38.3 Å². The summed E-state index contributed by atoms with van der Waals surface area (Å²) in [6.45, 7) is 2.73. The van der Waals surface area contributed by atoms with Gasteiger partial charge in [-0.05, 0) is 42.4 Å². The second kappa shape index (κ2) is 6.68. The van der Waals surface area contributed by atoms with Crippen LogP contribution in [0.4, 0.5) is 5.69 Å². The van der Waals surface area contributed by atoms with E-state index in [0.29, 0.717) is 18.5 Å². The maximum atomic E-state index is 12.6. The standard InChI is InChI=1S/C21H23BN2O/c1-14-7-9-17(11-14)24-13-20(25)23-19-10-8-16(22)12-18(19)21(24)15-5-3-2-4-6-15/h2-6,8,10,12,14,17,21H,7,9,11,13H2,1H3,(H,23,25). The molecular weight excluding hydrogens is 307 g/mol. The number of nitrogens with zero attached hydrogens (tertiary/aromatic N) is 1. The fraction of sp³-hybridized carbons (Fsp3) is 0.381. The van der Waals surface area contributed by atoms with Gasteiger partial charge in [-0.2, -0.15) is 0 Å². The molecule has 4 heteroatoms. The van der Waals surface area contributed by atoms with Gasteiger partial charge in [0.15, 0.2) is 0 Å². The lowest BCUT2D eigenvalue weighted by molar-refractivity contribution is -0.118. The van der Waals surface area contributed by atoms with E-state index in [0.717, 1.165) is 29.6 Å². The van der Waals surface area contributed by atoms with Gasteiger partial charge >= 0.3 is 0 Å². The number of carbonyl (C=O) groups excluding carboxylic acids is 1. The molecule has 1 saturated carbocycles. The second-order valence-corrected chi connectivity index (χ2v) is 7.45. The first-order valence-corrected chi connectivity index (χ1v) is 9.12. The molecule has 4 rings (SSSR count). The molecule has 3 atom stereocenters. The highest BCUT2D eigenvalue weighted by atomic mass is 16.2.